The predicted molar refractivity (Wildman–Crippen MR) is 172 cm³/mol. The van der Waals surface area contributed by atoms with Crippen LogP contribution >= 0.6 is 0 Å². The van der Waals surface area contributed by atoms with Crippen molar-refractivity contribution in [1.82, 2.24) is 9.55 Å². The number of amides is 1. The van der Waals surface area contributed by atoms with Crippen LogP contribution in [0.15, 0.2) is 90.1 Å². The smallest absolute Gasteiger partial charge is 0.231 e. The third-order valence-electron chi connectivity index (χ3n) is 8.23. The van der Waals surface area contributed by atoms with Gasteiger partial charge in [0.05, 0.1) is 11.4 Å². The summed E-state index contributed by atoms with van der Waals surface area (Å²) in [6.45, 7) is 9.16. The minimum Gasteiger partial charge on any atom is -0.337 e. The molecule has 6 nitrogen and oxygen atoms in total. The zero-order valence-electron chi connectivity index (χ0n) is 25.8. The molecule has 0 bridgehead atoms. The van der Waals surface area contributed by atoms with Gasteiger partial charge in [-0.3, -0.25) is 4.79 Å². The summed E-state index contributed by atoms with van der Waals surface area (Å²) in [4.78, 5) is 20.5. The maximum atomic E-state index is 13.7. The van der Waals surface area contributed by atoms with Gasteiger partial charge in [0.2, 0.25) is 5.91 Å². The topological polar surface area (TPSA) is 81.2 Å². The van der Waals surface area contributed by atoms with Gasteiger partial charge in [-0.1, -0.05) is 70.2 Å². The molecule has 0 aliphatic heterocycles. The molecule has 1 aromatic heterocycles. The molecule has 43 heavy (non-hydrogen) atoms. The molecule has 3 unspecified atom stereocenters. The SMILES string of the molecule is CC.Cn1ccnc1CN(C(=O)C1CC1c1ccccc1)c1ccc2c(c1)CCCC2(C)C.NS(=O)c1cccc(F)c1. The first-order valence-corrected chi connectivity index (χ1v) is 16.2. The Kier molecular flexibility index (Phi) is 10.7. The van der Waals surface area contributed by atoms with E-state index in [0.717, 1.165) is 30.4 Å². The van der Waals surface area contributed by atoms with E-state index in [4.69, 9.17) is 5.14 Å². The number of imidazole rings is 1. The lowest BCUT2D eigenvalue weighted by Crippen LogP contribution is -2.33. The molecule has 1 heterocycles. The van der Waals surface area contributed by atoms with Crippen LogP contribution in [0.2, 0.25) is 0 Å². The maximum absolute atomic E-state index is 13.7. The Hall–Kier alpha value is -3.62. The summed E-state index contributed by atoms with van der Waals surface area (Å²) in [5.74, 6) is 1.08. The third-order valence-corrected chi connectivity index (χ3v) is 8.95. The molecule has 1 saturated carbocycles. The number of benzene rings is 3. The van der Waals surface area contributed by atoms with E-state index in [9.17, 15) is 13.4 Å². The zero-order chi connectivity index (χ0) is 31.1. The number of anilines is 1. The van der Waals surface area contributed by atoms with Crippen LogP contribution in [0.25, 0.3) is 0 Å². The summed E-state index contributed by atoms with van der Waals surface area (Å²) in [6.07, 6.45) is 8.19. The minimum absolute atomic E-state index is 0.0511. The van der Waals surface area contributed by atoms with Crippen LogP contribution < -0.4 is 10.0 Å². The van der Waals surface area contributed by atoms with Crippen molar-refractivity contribution in [2.75, 3.05) is 4.90 Å². The molecule has 1 amide bonds. The molecule has 2 N–H and O–H groups in total. The second kappa shape index (κ2) is 14.2. The van der Waals surface area contributed by atoms with Crippen LogP contribution in [0.1, 0.15) is 75.4 Å². The van der Waals surface area contributed by atoms with E-state index in [1.807, 2.05) is 42.6 Å². The number of halogens is 1. The van der Waals surface area contributed by atoms with Crippen molar-refractivity contribution in [3.05, 3.63) is 114 Å². The molecule has 0 spiro atoms. The quantitative estimate of drug-likeness (QED) is 0.253. The fourth-order valence-corrected chi connectivity index (χ4v) is 6.23. The molecule has 2 aliphatic carbocycles. The minimum atomic E-state index is -1.58. The third kappa shape index (κ3) is 7.86. The van der Waals surface area contributed by atoms with Gasteiger partial charge in [0.1, 0.15) is 22.6 Å². The number of hydrogen-bond acceptors (Lipinski definition) is 3. The first kappa shape index (κ1) is 32.3. The largest absolute Gasteiger partial charge is 0.337 e. The Morgan fingerprint density at radius 1 is 1.09 bits per heavy atom. The van der Waals surface area contributed by atoms with Gasteiger partial charge in [-0.15, -0.1) is 0 Å². The Morgan fingerprint density at radius 3 is 2.47 bits per heavy atom. The van der Waals surface area contributed by atoms with Crippen LogP contribution in [0.3, 0.4) is 0 Å². The number of hydrogen-bond donors (Lipinski definition) is 1. The average molecular weight is 603 g/mol. The lowest BCUT2D eigenvalue weighted by atomic mass is 9.73. The summed E-state index contributed by atoms with van der Waals surface area (Å²) in [7, 11) is 0.411. The molecule has 2 aliphatic rings. The van der Waals surface area contributed by atoms with Crippen LogP contribution in [0.5, 0.6) is 0 Å². The number of aromatic nitrogens is 2. The van der Waals surface area contributed by atoms with Crippen molar-refractivity contribution in [3.63, 3.8) is 0 Å². The van der Waals surface area contributed by atoms with E-state index in [1.165, 1.54) is 47.7 Å². The summed E-state index contributed by atoms with van der Waals surface area (Å²) in [6, 6.07) is 22.5. The predicted octanol–water partition coefficient (Wildman–Crippen LogP) is 7.20. The Balaban J connectivity index is 0.000000298. The number of rotatable bonds is 6. The normalized spacial score (nSPS) is 18.6. The van der Waals surface area contributed by atoms with Gasteiger partial charge >= 0.3 is 0 Å². The van der Waals surface area contributed by atoms with Crippen LogP contribution in [0.4, 0.5) is 10.1 Å². The van der Waals surface area contributed by atoms with Gasteiger partial charge in [0.15, 0.2) is 0 Å². The number of nitrogens with two attached hydrogens (primary N) is 1. The highest BCUT2D eigenvalue weighted by molar-refractivity contribution is 7.82. The summed E-state index contributed by atoms with van der Waals surface area (Å²) in [5.41, 5.74) is 5.30. The number of carbonyl (C=O) groups excluding carboxylic acids is 1. The van der Waals surface area contributed by atoms with Crippen molar-refractivity contribution in [2.24, 2.45) is 18.1 Å². The maximum Gasteiger partial charge on any atom is 0.231 e. The Labute approximate surface area is 257 Å². The highest BCUT2D eigenvalue weighted by Crippen LogP contribution is 2.49. The van der Waals surface area contributed by atoms with Crippen molar-refractivity contribution in [1.29, 1.82) is 0 Å². The lowest BCUT2D eigenvalue weighted by Gasteiger charge is -2.34. The number of nitrogens with zero attached hydrogens (tertiary/aromatic N) is 3. The van der Waals surface area contributed by atoms with E-state index in [-0.39, 0.29) is 17.2 Å². The summed E-state index contributed by atoms with van der Waals surface area (Å²) < 4.78 is 24.9. The molecule has 6 rings (SSSR count). The van der Waals surface area contributed by atoms with E-state index in [0.29, 0.717) is 17.4 Å². The van der Waals surface area contributed by atoms with Crippen LogP contribution in [0, 0.1) is 11.7 Å². The van der Waals surface area contributed by atoms with Gasteiger partial charge in [-0.2, -0.15) is 0 Å². The monoisotopic (exact) mass is 602 g/mol. The second-order valence-corrected chi connectivity index (χ2v) is 12.6. The summed E-state index contributed by atoms with van der Waals surface area (Å²) >= 11 is 0. The van der Waals surface area contributed by atoms with E-state index < -0.39 is 16.8 Å². The van der Waals surface area contributed by atoms with Crippen molar-refractivity contribution in [3.8, 4) is 0 Å². The first-order chi connectivity index (χ1) is 20.6. The van der Waals surface area contributed by atoms with Crippen LogP contribution in [-0.2, 0) is 41.2 Å². The summed E-state index contributed by atoms with van der Waals surface area (Å²) in [5, 5.41) is 4.99. The number of carbonyl (C=O) groups is 1. The molecule has 1 fully saturated rings. The van der Waals surface area contributed by atoms with Crippen LogP contribution in [-0.4, -0.2) is 19.7 Å². The Morgan fingerprint density at radius 2 is 1.84 bits per heavy atom. The zero-order valence-corrected chi connectivity index (χ0v) is 26.6. The highest BCUT2D eigenvalue weighted by atomic mass is 32.2. The molecule has 228 valence electrons. The van der Waals surface area contributed by atoms with Gasteiger partial charge in [-0.05, 0) is 84.0 Å². The van der Waals surface area contributed by atoms with E-state index >= 15 is 0 Å². The van der Waals surface area contributed by atoms with E-state index in [1.54, 1.807) is 6.20 Å². The molecular weight excluding hydrogens is 559 g/mol. The van der Waals surface area contributed by atoms with Gasteiger partial charge < -0.3 is 9.47 Å². The lowest BCUT2D eigenvalue weighted by molar-refractivity contribution is -0.120. The molecule has 0 saturated heterocycles. The molecular formula is C35H43FN4O2S. The highest BCUT2D eigenvalue weighted by Gasteiger charge is 2.46. The van der Waals surface area contributed by atoms with Gasteiger partial charge in [0, 0.05) is 31.0 Å². The van der Waals surface area contributed by atoms with Crippen molar-refractivity contribution in [2.45, 2.75) is 76.2 Å². The average Bonchev–Trinajstić information content (AvgIpc) is 3.71. The molecule has 8 heteroatoms. The van der Waals surface area contributed by atoms with Gasteiger partial charge in [0.25, 0.3) is 0 Å². The Bertz CT molecular complexity index is 1550. The molecule has 3 aromatic carbocycles. The van der Waals surface area contributed by atoms with E-state index in [2.05, 4.69) is 61.3 Å². The molecule has 3 atom stereocenters. The first-order valence-electron chi connectivity index (χ1n) is 15.0. The molecule has 4 aromatic rings. The fourth-order valence-electron chi connectivity index (χ4n) is 5.79. The van der Waals surface area contributed by atoms with Crippen molar-refractivity contribution >= 4 is 22.6 Å². The number of fused-ring (bicyclic) bond motifs is 1. The van der Waals surface area contributed by atoms with Crippen molar-refractivity contribution < 1.29 is 13.4 Å². The fraction of sp³-hybridized carbons (Fsp3) is 0.371. The molecule has 0 radical (unpaired) electrons. The van der Waals surface area contributed by atoms with Gasteiger partial charge in [-0.25, -0.2) is 18.7 Å². The number of aryl methyl sites for hydroxylation is 2. The second-order valence-electron chi connectivity index (χ2n) is 11.6. The standard InChI is InChI=1S/C27H31N3O.C6H6FNOS.C2H6/c1-27(2)13-7-10-20-16-21(11-12-24(20)27)30(18-25-28-14-15-29(25)3)26(31)23-17-22(23)19-8-5-4-6-9-19;7-5-2-1-3-6(4-5)10(8)9;1-2/h4-6,8-9,11-12,14-16,22-23H,7,10,13,17-18H2,1-3H3;1-4H,8H2;1-2H3.